The van der Waals surface area contributed by atoms with Crippen molar-refractivity contribution in [3.63, 3.8) is 0 Å². The van der Waals surface area contributed by atoms with Gasteiger partial charge < -0.3 is 10.4 Å². The Hall–Kier alpha value is -2.10. The van der Waals surface area contributed by atoms with Crippen LogP contribution in [0.2, 0.25) is 0 Å². The molecule has 4 heteroatoms. The van der Waals surface area contributed by atoms with Gasteiger partial charge in [0.1, 0.15) is 11.4 Å². The first-order valence-corrected chi connectivity index (χ1v) is 4.37. The van der Waals surface area contributed by atoms with Crippen LogP contribution in [0.4, 0.5) is 0 Å². The van der Waals surface area contributed by atoms with E-state index in [1.807, 2.05) is 12.1 Å². The highest BCUT2D eigenvalue weighted by molar-refractivity contribution is 6.47. The molecule has 78 valence electrons. The number of nitrogens with zero attached hydrogens (tertiary/aromatic N) is 2. The Labute approximate surface area is 87.9 Å². The standard InChI is InChI=1S/C11H12N2O2/c1-3-9-4-6-10(7-5-9)11(13-15)8(2)12-14/h3-7,14-15H,1H2,2H3/b12-8+,13-11-. The summed E-state index contributed by atoms with van der Waals surface area (Å²) in [6.07, 6.45) is 1.71. The molecule has 0 saturated heterocycles. The lowest BCUT2D eigenvalue weighted by molar-refractivity contribution is 0.314. The van der Waals surface area contributed by atoms with E-state index in [1.54, 1.807) is 25.1 Å². The molecule has 1 rings (SSSR count). The van der Waals surface area contributed by atoms with Gasteiger partial charge in [-0.15, -0.1) is 0 Å². The van der Waals surface area contributed by atoms with Crippen LogP contribution in [0.3, 0.4) is 0 Å². The van der Waals surface area contributed by atoms with E-state index in [4.69, 9.17) is 10.4 Å². The summed E-state index contributed by atoms with van der Waals surface area (Å²) in [6.45, 7) is 5.19. The molecule has 0 radical (unpaired) electrons. The molecule has 0 aliphatic heterocycles. The second-order valence-electron chi connectivity index (χ2n) is 2.96. The second-order valence-corrected chi connectivity index (χ2v) is 2.96. The summed E-state index contributed by atoms with van der Waals surface area (Å²) in [5, 5.41) is 23.4. The van der Waals surface area contributed by atoms with Gasteiger partial charge in [0.25, 0.3) is 0 Å². The van der Waals surface area contributed by atoms with E-state index in [0.717, 1.165) is 5.56 Å². The molecule has 0 aliphatic carbocycles. The molecule has 0 bridgehead atoms. The third-order valence-corrected chi connectivity index (χ3v) is 2.01. The Morgan fingerprint density at radius 3 is 2.20 bits per heavy atom. The summed E-state index contributed by atoms with van der Waals surface area (Å²) in [4.78, 5) is 0. The fourth-order valence-corrected chi connectivity index (χ4v) is 1.16. The Morgan fingerprint density at radius 1 is 1.20 bits per heavy atom. The third kappa shape index (κ3) is 2.43. The van der Waals surface area contributed by atoms with Crippen molar-refractivity contribution >= 4 is 17.5 Å². The average Bonchev–Trinajstić information content (AvgIpc) is 2.30. The predicted octanol–water partition coefficient (Wildman–Crippen LogP) is 2.36. The van der Waals surface area contributed by atoms with Crippen molar-refractivity contribution in [2.24, 2.45) is 10.3 Å². The van der Waals surface area contributed by atoms with Crippen molar-refractivity contribution in [1.29, 1.82) is 0 Å². The topological polar surface area (TPSA) is 65.2 Å². The molecule has 4 nitrogen and oxygen atoms in total. The number of oxime groups is 2. The largest absolute Gasteiger partial charge is 0.411 e. The molecule has 0 saturated carbocycles. The van der Waals surface area contributed by atoms with E-state index in [9.17, 15) is 0 Å². The van der Waals surface area contributed by atoms with Gasteiger partial charge in [-0.05, 0) is 12.5 Å². The van der Waals surface area contributed by atoms with Crippen LogP contribution in [-0.2, 0) is 0 Å². The Kier molecular flexibility index (Phi) is 3.62. The predicted molar refractivity (Wildman–Crippen MR) is 59.8 cm³/mol. The van der Waals surface area contributed by atoms with E-state index in [1.165, 1.54) is 0 Å². The summed E-state index contributed by atoms with van der Waals surface area (Å²) >= 11 is 0. The van der Waals surface area contributed by atoms with E-state index in [0.29, 0.717) is 5.56 Å². The van der Waals surface area contributed by atoms with E-state index < -0.39 is 0 Å². The second kappa shape index (κ2) is 4.95. The fourth-order valence-electron chi connectivity index (χ4n) is 1.16. The van der Waals surface area contributed by atoms with E-state index in [-0.39, 0.29) is 11.4 Å². The van der Waals surface area contributed by atoms with Gasteiger partial charge in [-0.3, -0.25) is 0 Å². The van der Waals surface area contributed by atoms with Gasteiger partial charge in [0.2, 0.25) is 0 Å². The quantitative estimate of drug-likeness (QED) is 0.451. The van der Waals surface area contributed by atoms with Crippen LogP contribution >= 0.6 is 0 Å². The van der Waals surface area contributed by atoms with Crippen molar-refractivity contribution < 1.29 is 10.4 Å². The first kappa shape index (κ1) is 11.0. The zero-order valence-electron chi connectivity index (χ0n) is 8.38. The van der Waals surface area contributed by atoms with E-state index in [2.05, 4.69) is 16.9 Å². The number of hydrogen-bond donors (Lipinski definition) is 2. The molecule has 0 amide bonds. The van der Waals surface area contributed by atoms with Crippen molar-refractivity contribution in [1.82, 2.24) is 0 Å². The minimum Gasteiger partial charge on any atom is -0.411 e. The van der Waals surface area contributed by atoms with Gasteiger partial charge in [0.15, 0.2) is 0 Å². The van der Waals surface area contributed by atoms with Crippen LogP contribution < -0.4 is 0 Å². The van der Waals surface area contributed by atoms with Gasteiger partial charge in [0.05, 0.1) is 0 Å². The van der Waals surface area contributed by atoms with Crippen molar-refractivity contribution in [3.8, 4) is 0 Å². The molecule has 1 aromatic rings. The first-order valence-electron chi connectivity index (χ1n) is 4.37. The fraction of sp³-hybridized carbons (Fsp3) is 0.0909. The molecule has 0 atom stereocenters. The average molecular weight is 204 g/mol. The lowest BCUT2D eigenvalue weighted by Gasteiger charge is -2.02. The molecule has 1 aromatic carbocycles. The van der Waals surface area contributed by atoms with Crippen LogP contribution in [0.15, 0.2) is 41.2 Å². The lowest BCUT2D eigenvalue weighted by atomic mass is 10.0. The Bertz CT molecular complexity index is 405. The number of benzene rings is 1. The van der Waals surface area contributed by atoms with Crippen molar-refractivity contribution in [3.05, 3.63) is 42.0 Å². The highest BCUT2D eigenvalue weighted by atomic mass is 16.4. The highest BCUT2D eigenvalue weighted by Crippen LogP contribution is 2.07. The lowest BCUT2D eigenvalue weighted by Crippen LogP contribution is -2.12. The summed E-state index contributed by atoms with van der Waals surface area (Å²) in [7, 11) is 0. The smallest absolute Gasteiger partial charge is 0.134 e. The maximum absolute atomic E-state index is 8.78. The van der Waals surface area contributed by atoms with Gasteiger partial charge in [0, 0.05) is 5.56 Å². The zero-order valence-corrected chi connectivity index (χ0v) is 8.38. The monoisotopic (exact) mass is 204 g/mol. The molecule has 0 aromatic heterocycles. The van der Waals surface area contributed by atoms with Gasteiger partial charge in [-0.25, -0.2) is 0 Å². The molecular weight excluding hydrogens is 192 g/mol. The summed E-state index contributed by atoms with van der Waals surface area (Å²) in [5.74, 6) is 0. The zero-order chi connectivity index (χ0) is 11.3. The normalized spacial score (nSPS) is 12.6. The Morgan fingerprint density at radius 2 is 1.80 bits per heavy atom. The summed E-state index contributed by atoms with van der Waals surface area (Å²) in [5.41, 5.74) is 2.14. The summed E-state index contributed by atoms with van der Waals surface area (Å²) in [6, 6.07) is 7.19. The molecule has 0 aliphatic rings. The third-order valence-electron chi connectivity index (χ3n) is 2.01. The summed E-state index contributed by atoms with van der Waals surface area (Å²) < 4.78 is 0. The van der Waals surface area contributed by atoms with Crippen LogP contribution in [0.25, 0.3) is 6.08 Å². The number of hydrogen-bond acceptors (Lipinski definition) is 4. The molecule has 0 spiro atoms. The molecule has 0 fully saturated rings. The minimum atomic E-state index is 0.244. The van der Waals surface area contributed by atoms with Crippen LogP contribution in [0, 0.1) is 0 Å². The van der Waals surface area contributed by atoms with Gasteiger partial charge in [-0.1, -0.05) is 47.2 Å². The van der Waals surface area contributed by atoms with Gasteiger partial charge in [-0.2, -0.15) is 0 Å². The van der Waals surface area contributed by atoms with Crippen LogP contribution in [-0.4, -0.2) is 21.8 Å². The van der Waals surface area contributed by atoms with Gasteiger partial charge >= 0.3 is 0 Å². The maximum Gasteiger partial charge on any atom is 0.134 e. The highest BCUT2D eigenvalue weighted by Gasteiger charge is 2.08. The Balaban J connectivity index is 3.10. The first-order chi connectivity index (χ1) is 7.22. The molecule has 15 heavy (non-hydrogen) atoms. The number of rotatable bonds is 3. The molecular formula is C11H12N2O2. The van der Waals surface area contributed by atoms with Crippen molar-refractivity contribution in [2.75, 3.05) is 0 Å². The van der Waals surface area contributed by atoms with E-state index >= 15 is 0 Å². The minimum absolute atomic E-state index is 0.244. The molecule has 2 N–H and O–H groups in total. The molecule has 0 unspecified atom stereocenters. The maximum atomic E-state index is 8.78. The SMILES string of the molecule is C=Cc1ccc(C(=N\O)/C(C)=N/O)cc1. The van der Waals surface area contributed by atoms with Crippen LogP contribution in [0.1, 0.15) is 18.1 Å². The van der Waals surface area contributed by atoms with Crippen molar-refractivity contribution in [2.45, 2.75) is 6.92 Å². The van der Waals surface area contributed by atoms with Crippen LogP contribution in [0.5, 0.6) is 0 Å². The molecule has 0 heterocycles.